The SMILES string of the molecule is O=[N+]([O-])c1cc(S(=O)(=O)Nc2ccccc2)ccc1NCc1ccn(-c2ccccc2)n1. The predicted molar refractivity (Wildman–Crippen MR) is 121 cm³/mol. The zero-order valence-corrected chi connectivity index (χ0v) is 17.6. The highest BCUT2D eigenvalue weighted by atomic mass is 32.2. The van der Waals surface area contributed by atoms with Gasteiger partial charge in [-0.25, -0.2) is 13.1 Å². The molecule has 32 heavy (non-hydrogen) atoms. The van der Waals surface area contributed by atoms with Gasteiger partial charge < -0.3 is 5.32 Å². The smallest absolute Gasteiger partial charge is 0.293 e. The molecule has 4 aromatic rings. The Morgan fingerprint density at radius 1 is 0.938 bits per heavy atom. The number of para-hydroxylation sites is 2. The molecule has 0 radical (unpaired) electrons. The lowest BCUT2D eigenvalue weighted by atomic mass is 10.2. The van der Waals surface area contributed by atoms with E-state index >= 15 is 0 Å². The van der Waals surface area contributed by atoms with Crippen molar-refractivity contribution in [3.8, 4) is 5.69 Å². The van der Waals surface area contributed by atoms with Gasteiger partial charge in [-0.1, -0.05) is 36.4 Å². The second kappa shape index (κ2) is 8.90. The Morgan fingerprint density at radius 2 is 1.62 bits per heavy atom. The summed E-state index contributed by atoms with van der Waals surface area (Å²) in [6.45, 7) is 0.231. The zero-order chi connectivity index (χ0) is 22.6. The van der Waals surface area contributed by atoms with Gasteiger partial charge in [-0.15, -0.1) is 0 Å². The highest BCUT2D eigenvalue weighted by molar-refractivity contribution is 7.92. The summed E-state index contributed by atoms with van der Waals surface area (Å²) >= 11 is 0. The maximum absolute atomic E-state index is 12.6. The molecule has 0 unspecified atom stereocenters. The van der Waals surface area contributed by atoms with Crippen LogP contribution in [0.4, 0.5) is 17.1 Å². The van der Waals surface area contributed by atoms with E-state index in [2.05, 4.69) is 15.1 Å². The van der Waals surface area contributed by atoms with Gasteiger partial charge in [-0.3, -0.25) is 14.8 Å². The third-order valence-electron chi connectivity index (χ3n) is 4.63. The Kier molecular flexibility index (Phi) is 5.86. The lowest BCUT2D eigenvalue weighted by Gasteiger charge is -2.10. The largest absolute Gasteiger partial charge is 0.374 e. The van der Waals surface area contributed by atoms with E-state index in [9.17, 15) is 18.5 Å². The summed E-state index contributed by atoms with van der Waals surface area (Å²) in [7, 11) is -3.98. The lowest BCUT2D eigenvalue weighted by molar-refractivity contribution is -0.384. The van der Waals surface area contributed by atoms with Crippen molar-refractivity contribution in [1.29, 1.82) is 0 Å². The van der Waals surface area contributed by atoms with E-state index in [1.54, 1.807) is 47.3 Å². The molecule has 10 heteroatoms. The first kappa shape index (κ1) is 21.1. The molecule has 162 valence electrons. The number of benzene rings is 3. The molecule has 0 bridgehead atoms. The van der Waals surface area contributed by atoms with Crippen molar-refractivity contribution in [2.24, 2.45) is 0 Å². The van der Waals surface area contributed by atoms with Crippen molar-refractivity contribution in [3.05, 3.63) is 107 Å². The van der Waals surface area contributed by atoms with Gasteiger partial charge in [0.15, 0.2) is 0 Å². The molecule has 4 rings (SSSR count). The summed E-state index contributed by atoms with van der Waals surface area (Å²) in [6, 6.07) is 23.4. The van der Waals surface area contributed by atoms with Crippen LogP contribution in [0.3, 0.4) is 0 Å². The molecule has 3 aromatic carbocycles. The third-order valence-corrected chi connectivity index (χ3v) is 6.01. The van der Waals surface area contributed by atoms with Crippen LogP contribution in [-0.2, 0) is 16.6 Å². The highest BCUT2D eigenvalue weighted by Crippen LogP contribution is 2.29. The number of hydrogen-bond acceptors (Lipinski definition) is 6. The molecule has 1 aromatic heterocycles. The number of anilines is 2. The number of rotatable bonds is 8. The third kappa shape index (κ3) is 4.76. The topological polar surface area (TPSA) is 119 Å². The van der Waals surface area contributed by atoms with Gasteiger partial charge in [0.1, 0.15) is 5.69 Å². The van der Waals surface area contributed by atoms with E-state index in [0.29, 0.717) is 11.4 Å². The van der Waals surface area contributed by atoms with Crippen LogP contribution in [0.5, 0.6) is 0 Å². The maximum atomic E-state index is 12.6. The molecule has 2 N–H and O–H groups in total. The molecule has 0 aliphatic rings. The Labute approximate surface area is 184 Å². The Balaban J connectivity index is 1.52. The average molecular weight is 449 g/mol. The summed E-state index contributed by atoms with van der Waals surface area (Å²) in [5.74, 6) is 0. The number of nitrogens with one attached hydrogen (secondary N) is 2. The van der Waals surface area contributed by atoms with E-state index in [1.165, 1.54) is 12.1 Å². The van der Waals surface area contributed by atoms with Crippen molar-refractivity contribution < 1.29 is 13.3 Å². The monoisotopic (exact) mass is 449 g/mol. The van der Waals surface area contributed by atoms with E-state index in [0.717, 1.165) is 11.8 Å². The Hall–Kier alpha value is -4.18. The summed E-state index contributed by atoms with van der Waals surface area (Å²) in [5.41, 5.74) is 1.79. The van der Waals surface area contributed by atoms with Crippen molar-refractivity contribution in [2.45, 2.75) is 11.4 Å². The fraction of sp³-hybridized carbons (Fsp3) is 0.0455. The molecule has 0 amide bonds. The first-order valence-corrected chi connectivity index (χ1v) is 11.1. The number of nitro benzene ring substituents is 1. The highest BCUT2D eigenvalue weighted by Gasteiger charge is 2.21. The van der Waals surface area contributed by atoms with Crippen molar-refractivity contribution in [2.75, 3.05) is 10.0 Å². The number of sulfonamides is 1. The van der Waals surface area contributed by atoms with Crippen LogP contribution in [-0.4, -0.2) is 23.1 Å². The molecule has 0 fully saturated rings. The van der Waals surface area contributed by atoms with Gasteiger partial charge in [0.25, 0.3) is 15.7 Å². The van der Waals surface area contributed by atoms with Crippen molar-refractivity contribution in [3.63, 3.8) is 0 Å². The molecule has 0 aliphatic heterocycles. The zero-order valence-electron chi connectivity index (χ0n) is 16.8. The molecule has 0 aliphatic carbocycles. The van der Waals surface area contributed by atoms with Crippen LogP contribution in [0.2, 0.25) is 0 Å². The number of hydrogen-bond donors (Lipinski definition) is 2. The van der Waals surface area contributed by atoms with Crippen LogP contribution < -0.4 is 10.0 Å². The summed E-state index contributed by atoms with van der Waals surface area (Å²) < 4.78 is 29.4. The first-order chi connectivity index (χ1) is 15.4. The predicted octanol–water partition coefficient (Wildman–Crippen LogP) is 4.19. The molecule has 0 saturated carbocycles. The molecule has 0 spiro atoms. The minimum atomic E-state index is -3.98. The van der Waals surface area contributed by atoms with E-state index < -0.39 is 14.9 Å². The minimum absolute atomic E-state index is 0.197. The molecular formula is C22H19N5O4S. The van der Waals surface area contributed by atoms with Gasteiger partial charge in [-0.05, 0) is 42.5 Å². The van der Waals surface area contributed by atoms with Gasteiger partial charge in [0.05, 0.1) is 27.7 Å². The average Bonchev–Trinajstić information content (AvgIpc) is 3.27. The number of aromatic nitrogens is 2. The normalized spacial score (nSPS) is 11.1. The van der Waals surface area contributed by atoms with Crippen LogP contribution in [0, 0.1) is 10.1 Å². The van der Waals surface area contributed by atoms with E-state index in [4.69, 9.17) is 0 Å². The first-order valence-electron chi connectivity index (χ1n) is 9.62. The standard InChI is InChI=1S/C22H19N5O4S/c28-27(29)22-15-20(32(30,31)25-17-7-3-1-4-8-17)11-12-21(22)23-16-18-13-14-26(24-18)19-9-5-2-6-10-19/h1-15,23,25H,16H2. The molecule has 0 saturated heterocycles. The van der Waals surface area contributed by atoms with E-state index in [1.807, 2.05) is 30.3 Å². The van der Waals surface area contributed by atoms with Crippen molar-refractivity contribution in [1.82, 2.24) is 9.78 Å². The Morgan fingerprint density at radius 3 is 2.31 bits per heavy atom. The second-order valence-electron chi connectivity index (χ2n) is 6.85. The summed E-state index contributed by atoms with van der Waals surface area (Å²) in [4.78, 5) is 10.8. The van der Waals surface area contributed by atoms with E-state index in [-0.39, 0.29) is 22.8 Å². The minimum Gasteiger partial charge on any atom is -0.374 e. The maximum Gasteiger partial charge on any atom is 0.293 e. The van der Waals surface area contributed by atoms with Crippen LogP contribution >= 0.6 is 0 Å². The fourth-order valence-electron chi connectivity index (χ4n) is 3.07. The van der Waals surface area contributed by atoms with Crippen LogP contribution in [0.15, 0.2) is 96.0 Å². The number of nitrogens with zero attached hydrogens (tertiary/aromatic N) is 3. The van der Waals surface area contributed by atoms with Gasteiger partial charge >= 0.3 is 0 Å². The van der Waals surface area contributed by atoms with Crippen LogP contribution in [0.1, 0.15) is 5.69 Å². The lowest BCUT2D eigenvalue weighted by Crippen LogP contribution is -2.13. The molecule has 1 heterocycles. The molecule has 9 nitrogen and oxygen atoms in total. The van der Waals surface area contributed by atoms with Crippen molar-refractivity contribution >= 4 is 27.1 Å². The summed E-state index contributed by atoms with van der Waals surface area (Å²) in [6.07, 6.45) is 1.80. The van der Waals surface area contributed by atoms with Gasteiger partial charge in [0, 0.05) is 18.0 Å². The molecular weight excluding hydrogens is 430 g/mol. The fourth-order valence-corrected chi connectivity index (χ4v) is 4.14. The van der Waals surface area contributed by atoms with Gasteiger partial charge in [-0.2, -0.15) is 5.10 Å². The molecule has 0 atom stereocenters. The second-order valence-corrected chi connectivity index (χ2v) is 8.53. The van der Waals surface area contributed by atoms with Crippen LogP contribution in [0.25, 0.3) is 5.69 Å². The summed E-state index contributed by atoms with van der Waals surface area (Å²) in [5, 5.41) is 19.0. The van der Waals surface area contributed by atoms with Gasteiger partial charge in [0.2, 0.25) is 0 Å². The quantitative estimate of drug-likeness (QED) is 0.307. The number of nitro groups is 1. The Bertz CT molecular complexity index is 1340.